The molecule has 135 heavy (non-hydrogen) atoms. The largest absolute Gasteiger partial charge is 0.491 e. The summed E-state index contributed by atoms with van der Waals surface area (Å²) in [7, 11) is 0. The van der Waals surface area contributed by atoms with Crippen molar-refractivity contribution in [3.63, 3.8) is 0 Å². The predicted molar refractivity (Wildman–Crippen MR) is 524 cm³/mol. The van der Waals surface area contributed by atoms with Gasteiger partial charge in [0.25, 0.3) is 23.6 Å². The lowest BCUT2D eigenvalue weighted by Crippen LogP contribution is -2.17. The van der Waals surface area contributed by atoms with Gasteiger partial charge >= 0.3 is 11.4 Å². The van der Waals surface area contributed by atoms with Gasteiger partial charge in [0.2, 0.25) is 35.4 Å². The van der Waals surface area contributed by atoms with Gasteiger partial charge in [0, 0.05) is 81.6 Å². The molecule has 0 fully saturated rings. The number of benzene rings is 8. The molecule has 10 amide bonds. The summed E-state index contributed by atoms with van der Waals surface area (Å²) in [6, 6.07) is 36.0. The molecule has 8 aromatic rings. The fourth-order valence-electron chi connectivity index (χ4n) is 11.8. The molecule has 8 rings (SSSR count). The number of carbonyl (C=O) groups excluding carboxylic acids is 10. The Bertz CT molecular complexity index is 5340. The predicted octanol–water partition coefficient (Wildman–Crippen LogP) is 20.0. The highest BCUT2D eigenvalue weighted by Gasteiger charge is 2.26. The van der Waals surface area contributed by atoms with Crippen LogP contribution in [-0.2, 0) is 9.59 Å². The number of anilines is 6. The lowest BCUT2D eigenvalue weighted by molar-refractivity contribution is -0.386. The van der Waals surface area contributed by atoms with Gasteiger partial charge in [0.1, 0.15) is 34.5 Å². The van der Waals surface area contributed by atoms with Crippen molar-refractivity contribution in [1.82, 2.24) is 0 Å². The van der Waals surface area contributed by atoms with Gasteiger partial charge in [0.15, 0.2) is 11.5 Å². The van der Waals surface area contributed by atoms with Gasteiger partial charge in [-0.15, -0.1) is 0 Å². The Labute approximate surface area is 790 Å². The van der Waals surface area contributed by atoms with E-state index < -0.39 is 45.3 Å². The molecule has 1 atom stereocenters. The van der Waals surface area contributed by atoms with Crippen LogP contribution in [0.1, 0.15) is 278 Å². The number of hydrogen-bond donors (Lipinski definition) is 10. The van der Waals surface area contributed by atoms with Crippen LogP contribution < -0.4 is 92.7 Å². The van der Waals surface area contributed by atoms with Gasteiger partial charge in [-0.2, -0.15) is 0 Å². The van der Waals surface area contributed by atoms with Crippen molar-refractivity contribution in [1.29, 1.82) is 0 Å². The van der Waals surface area contributed by atoms with Crippen LogP contribution in [0.15, 0.2) is 146 Å². The minimum Gasteiger partial charge on any atom is -0.491 e. The molecular weight excluding hydrogens is 1730 g/mol. The summed E-state index contributed by atoms with van der Waals surface area (Å²) in [6.07, 6.45) is 9.91. The van der Waals surface area contributed by atoms with Crippen LogP contribution in [0.5, 0.6) is 46.0 Å². The fourth-order valence-corrected chi connectivity index (χ4v) is 11.8. The van der Waals surface area contributed by atoms with Crippen LogP contribution >= 0.6 is 0 Å². The average Bonchev–Trinajstić information content (AvgIpc) is 0.818. The summed E-state index contributed by atoms with van der Waals surface area (Å²) in [5.41, 5.74) is 25.8. The SMILES string of the molecule is CCC(C)Oc1cc(C(=O)Nc2ccc(C(N)=O)cc2OCC(C)C)ccc1[N+](=O)[O-].CCCCC(=O)Nc1ccc(C(=O)Nc2ccc(C(N)=O)cc2OCC(C)C)cc1OCC(C)C.CCCCCCCC(=O)Nc1ccc(C(=O)Nc2ccc(C(N)=O)cc2OCC(C)C)cc1OCC(C)C.CCCCOc1cc(C(=O)Nc2ccc(C(N)=O)cc2OCC(C)C)ccc1[N+](=O)[O-]. The number of carbonyl (C=O) groups is 10. The number of ether oxygens (including phenoxy) is 8. The summed E-state index contributed by atoms with van der Waals surface area (Å²) in [6.45, 7) is 36.5. The highest BCUT2D eigenvalue weighted by molar-refractivity contribution is 6.10. The lowest BCUT2D eigenvalue weighted by Gasteiger charge is -2.17. The number of nitro benzene ring substituents is 2. The minimum absolute atomic E-state index is 0.0207. The molecule has 34 nitrogen and oxygen atoms in total. The van der Waals surface area contributed by atoms with E-state index in [-0.39, 0.29) is 121 Å². The van der Waals surface area contributed by atoms with Crippen molar-refractivity contribution in [2.45, 2.75) is 201 Å². The first-order valence-electron chi connectivity index (χ1n) is 45.6. The minimum atomic E-state index is -0.616. The Morgan fingerprint density at radius 2 is 0.526 bits per heavy atom. The third-order valence-electron chi connectivity index (χ3n) is 19.3. The Kier molecular flexibility index (Phi) is 47.1. The summed E-state index contributed by atoms with van der Waals surface area (Å²) in [5, 5.41) is 39.5. The fraction of sp³-hybridized carbons (Fsp3) is 0.426. The quantitative estimate of drug-likeness (QED) is 0.00961. The van der Waals surface area contributed by atoms with Crippen LogP contribution in [0.3, 0.4) is 0 Å². The monoisotopic (exact) mass is 1870 g/mol. The van der Waals surface area contributed by atoms with E-state index in [1.54, 1.807) is 55.5 Å². The van der Waals surface area contributed by atoms with Crippen molar-refractivity contribution >= 4 is 105 Å². The number of unbranched alkanes of at least 4 members (excludes halogenated alkanes) is 6. The number of nitrogens with zero attached hydrogens (tertiary/aromatic N) is 2. The van der Waals surface area contributed by atoms with Crippen LogP contribution in [0.25, 0.3) is 0 Å². The zero-order valence-electron chi connectivity index (χ0n) is 80.5. The number of nitro groups is 2. The number of nitrogens with one attached hydrogen (secondary N) is 6. The van der Waals surface area contributed by atoms with E-state index in [1.807, 2.05) is 104 Å². The number of primary amides is 4. The van der Waals surface area contributed by atoms with Crippen LogP contribution in [0.2, 0.25) is 0 Å². The standard InChI is InChI=1S/C30H43N3O5.C27H37N3O5.2C22H27N3O6/c1-6-7-8-9-10-11-28(34)32-24-15-13-23(17-27(24)38-19-21(4)5)30(36)33-25-14-12-22(29(31)35)16-26(25)37-18-20(2)3;1-6-7-8-25(31)29-21-12-10-20(14-24(21)35-16-18(4)5)27(33)30-22-11-9-19(26(28)32)13-23(22)34-15-17(2)3;1-5-14(4)31-20-11-16(7-9-18(20)25(28)29)22(27)24-17-8-6-15(21(23)26)10-19(17)30-12-13(2)3;1-4-5-10-30-20-12-16(7-9-18(20)25(28)29)22(27)24-17-8-6-15(21(23)26)11-19(17)31-13-14(2)3/h12-17,20-21H,6-11,18-19H2,1-5H3,(H2,31,35)(H,32,34)(H,33,36);9-14,17-18H,6-8,15-16H2,1-5H3,(H2,28,32)(H,29,31)(H,30,33);6-11,13-14H,5,12H2,1-4H3,(H2,23,26)(H,24,27);6-9,11-12,14H,4-5,10,13H2,1-3H3,(H2,23,26)(H,24,27). The van der Waals surface area contributed by atoms with E-state index in [2.05, 4.69) is 38.8 Å². The molecule has 0 aliphatic heterocycles. The first kappa shape index (κ1) is 111. The maximum atomic E-state index is 13.2. The van der Waals surface area contributed by atoms with Crippen LogP contribution in [0, 0.1) is 55.7 Å². The van der Waals surface area contributed by atoms with Gasteiger partial charge in [-0.1, -0.05) is 149 Å². The third kappa shape index (κ3) is 39.2. The zero-order valence-corrected chi connectivity index (χ0v) is 80.5. The first-order valence-corrected chi connectivity index (χ1v) is 45.6. The molecule has 8 aromatic carbocycles. The summed E-state index contributed by atoms with van der Waals surface area (Å²) in [5.74, 6) is -0.635. The molecule has 34 heteroatoms. The second kappa shape index (κ2) is 57.2. The molecule has 0 heterocycles. The topological polar surface area (TPSA) is 507 Å². The zero-order chi connectivity index (χ0) is 100. The molecule has 0 saturated heterocycles. The maximum absolute atomic E-state index is 13.2. The number of nitrogens with two attached hydrogens (primary N) is 4. The van der Waals surface area contributed by atoms with Gasteiger partial charge in [0.05, 0.1) is 96.3 Å². The second-order valence-electron chi connectivity index (χ2n) is 34.6. The second-order valence-corrected chi connectivity index (χ2v) is 34.6. The number of rotatable bonds is 50. The molecule has 14 N–H and O–H groups in total. The van der Waals surface area contributed by atoms with Crippen molar-refractivity contribution in [2.75, 3.05) is 78.1 Å². The molecule has 0 saturated carbocycles. The molecule has 0 aromatic heterocycles. The lowest BCUT2D eigenvalue weighted by atomic mass is 10.1. The Hall–Kier alpha value is -14.3. The van der Waals surface area contributed by atoms with E-state index in [0.717, 1.165) is 51.4 Å². The molecule has 0 spiro atoms. The molecule has 730 valence electrons. The van der Waals surface area contributed by atoms with Crippen molar-refractivity contribution in [2.24, 2.45) is 58.4 Å². The average molecular weight is 1870 g/mol. The Morgan fingerprint density at radius 3 is 0.793 bits per heavy atom. The van der Waals surface area contributed by atoms with Gasteiger partial charge in [-0.3, -0.25) is 68.2 Å². The molecule has 0 aliphatic carbocycles. The van der Waals surface area contributed by atoms with E-state index >= 15 is 0 Å². The normalized spacial score (nSPS) is 11.0. The van der Waals surface area contributed by atoms with Crippen LogP contribution in [0.4, 0.5) is 45.5 Å². The van der Waals surface area contributed by atoms with Gasteiger partial charge in [-0.05, 0) is 189 Å². The number of hydrogen-bond acceptors (Lipinski definition) is 22. The molecular formula is C101H134N12O22. The number of amides is 10. The first-order chi connectivity index (χ1) is 64.0. The Balaban J connectivity index is 0.000000319. The van der Waals surface area contributed by atoms with E-state index in [9.17, 15) is 68.2 Å². The summed E-state index contributed by atoms with van der Waals surface area (Å²) < 4.78 is 46.1. The smallest absolute Gasteiger partial charge is 0.310 e. The van der Waals surface area contributed by atoms with E-state index in [1.165, 1.54) is 103 Å². The maximum Gasteiger partial charge on any atom is 0.310 e. The Morgan fingerprint density at radius 1 is 0.289 bits per heavy atom. The van der Waals surface area contributed by atoms with Crippen molar-refractivity contribution in [3.8, 4) is 46.0 Å². The van der Waals surface area contributed by atoms with Crippen LogP contribution in [-0.4, -0.2) is 121 Å². The highest BCUT2D eigenvalue weighted by atomic mass is 16.6. The van der Waals surface area contributed by atoms with Gasteiger partial charge in [-0.25, -0.2) is 0 Å². The summed E-state index contributed by atoms with van der Waals surface area (Å²) >= 11 is 0. The van der Waals surface area contributed by atoms with Gasteiger partial charge < -0.3 is 92.7 Å². The van der Waals surface area contributed by atoms with Crippen molar-refractivity contribution in [3.05, 3.63) is 210 Å². The summed E-state index contributed by atoms with van der Waals surface area (Å²) in [4.78, 5) is 144. The van der Waals surface area contributed by atoms with Crippen molar-refractivity contribution < 1.29 is 95.7 Å². The third-order valence-corrected chi connectivity index (χ3v) is 19.3. The molecule has 0 bridgehead atoms. The molecule has 1 unspecified atom stereocenters. The van der Waals surface area contributed by atoms with E-state index in [4.69, 9.17) is 60.8 Å². The molecule has 0 radical (unpaired) electrons. The highest BCUT2D eigenvalue weighted by Crippen LogP contribution is 2.37. The molecule has 0 aliphatic rings. The van der Waals surface area contributed by atoms with E-state index in [0.29, 0.717) is 145 Å².